The van der Waals surface area contributed by atoms with Crippen LogP contribution in [-0.2, 0) is 11.2 Å². The molecular weight excluding hydrogens is 336 g/mol. The molecule has 4 N–H and O–H groups in total. The van der Waals surface area contributed by atoms with E-state index in [9.17, 15) is 24.6 Å². The van der Waals surface area contributed by atoms with E-state index >= 15 is 0 Å². The highest BCUT2D eigenvalue weighted by atomic mass is 16.4. The second-order valence-electron chi connectivity index (χ2n) is 5.78. The van der Waals surface area contributed by atoms with E-state index < -0.39 is 23.9 Å². The standard InChI is InChI=1S/C19H16N2O5/c22-17(13-6-1-2-7-14(13)18(23)24)21-16(19(25)26)9-11-10-20-15-8-4-3-5-12(11)15/h1-8,10,16,20H,9H2,(H,21,22)(H,23,24)(H,25,26)/t16-/m0/s1. The second-order valence-corrected chi connectivity index (χ2v) is 5.78. The Bertz CT molecular complexity index is 992. The van der Waals surface area contributed by atoms with Gasteiger partial charge in [-0.05, 0) is 23.8 Å². The summed E-state index contributed by atoms with van der Waals surface area (Å²) in [4.78, 5) is 38.3. The molecule has 0 spiro atoms. The zero-order valence-electron chi connectivity index (χ0n) is 13.6. The minimum Gasteiger partial charge on any atom is -0.480 e. The number of aliphatic carboxylic acids is 1. The summed E-state index contributed by atoms with van der Waals surface area (Å²) in [5.74, 6) is -3.19. The molecule has 0 aliphatic rings. The molecule has 0 saturated heterocycles. The number of carboxylic acid groups (broad SMARTS) is 2. The molecule has 0 radical (unpaired) electrons. The highest BCUT2D eigenvalue weighted by Crippen LogP contribution is 2.19. The van der Waals surface area contributed by atoms with Crippen LogP contribution in [0.2, 0.25) is 0 Å². The average molecular weight is 352 g/mol. The molecule has 0 saturated carbocycles. The Morgan fingerprint density at radius 2 is 1.62 bits per heavy atom. The first kappa shape index (κ1) is 17.2. The van der Waals surface area contributed by atoms with Crippen molar-refractivity contribution in [2.45, 2.75) is 12.5 Å². The normalized spacial score (nSPS) is 11.8. The first-order chi connectivity index (χ1) is 12.5. The lowest BCUT2D eigenvalue weighted by atomic mass is 10.0. The molecule has 26 heavy (non-hydrogen) atoms. The number of H-pyrrole nitrogens is 1. The van der Waals surface area contributed by atoms with Crippen LogP contribution in [0, 0.1) is 0 Å². The maximum absolute atomic E-state index is 12.4. The Labute approximate surface area is 148 Å². The van der Waals surface area contributed by atoms with E-state index in [1.807, 2.05) is 24.3 Å². The SMILES string of the molecule is O=C(O)c1ccccc1C(=O)N[C@@H](Cc1c[nH]c2ccccc12)C(=O)O. The summed E-state index contributed by atoms with van der Waals surface area (Å²) in [6.45, 7) is 0. The second kappa shape index (κ2) is 7.10. The Kier molecular flexibility index (Phi) is 4.70. The maximum atomic E-state index is 12.4. The molecule has 3 aromatic rings. The van der Waals surface area contributed by atoms with Crippen LogP contribution >= 0.6 is 0 Å². The van der Waals surface area contributed by atoms with Crippen molar-refractivity contribution >= 4 is 28.7 Å². The number of carboxylic acids is 2. The number of hydrogen-bond acceptors (Lipinski definition) is 3. The number of carbonyl (C=O) groups excluding carboxylic acids is 1. The third-order valence-corrected chi connectivity index (χ3v) is 4.10. The molecule has 3 rings (SSSR count). The van der Waals surface area contributed by atoms with Crippen LogP contribution < -0.4 is 5.32 Å². The number of amides is 1. The summed E-state index contributed by atoms with van der Waals surface area (Å²) in [6.07, 6.45) is 1.78. The average Bonchev–Trinajstić information content (AvgIpc) is 3.04. The van der Waals surface area contributed by atoms with Crippen LogP contribution in [0.3, 0.4) is 0 Å². The largest absolute Gasteiger partial charge is 0.480 e. The van der Waals surface area contributed by atoms with Gasteiger partial charge < -0.3 is 20.5 Å². The molecule has 1 heterocycles. The quantitative estimate of drug-likeness (QED) is 0.543. The van der Waals surface area contributed by atoms with E-state index in [4.69, 9.17) is 0 Å². The molecule has 1 atom stereocenters. The van der Waals surface area contributed by atoms with Crippen molar-refractivity contribution in [3.8, 4) is 0 Å². The van der Waals surface area contributed by atoms with Crippen LogP contribution in [0.25, 0.3) is 10.9 Å². The third-order valence-electron chi connectivity index (χ3n) is 4.10. The van der Waals surface area contributed by atoms with Crippen LogP contribution in [0.15, 0.2) is 54.7 Å². The minimum atomic E-state index is -1.25. The molecular formula is C19H16N2O5. The van der Waals surface area contributed by atoms with Crippen molar-refractivity contribution in [1.82, 2.24) is 10.3 Å². The Morgan fingerprint density at radius 3 is 2.31 bits per heavy atom. The molecule has 0 aliphatic heterocycles. The van der Waals surface area contributed by atoms with Crippen LogP contribution in [0.4, 0.5) is 0 Å². The smallest absolute Gasteiger partial charge is 0.336 e. The molecule has 132 valence electrons. The molecule has 0 bridgehead atoms. The Balaban J connectivity index is 1.84. The molecule has 0 fully saturated rings. The number of aromatic nitrogens is 1. The van der Waals surface area contributed by atoms with Gasteiger partial charge in [-0.2, -0.15) is 0 Å². The summed E-state index contributed by atoms with van der Waals surface area (Å²) in [5, 5.41) is 21.9. The number of carbonyl (C=O) groups is 3. The maximum Gasteiger partial charge on any atom is 0.336 e. The van der Waals surface area contributed by atoms with E-state index in [0.29, 0.717) is 0 Å². The van der Waals surface area contributed by atoms with E-state index in [2.05, 4.69) is 10.3 Å². The Morgan fingerprint density at radius 1 is 0.962 bits per heavy atom. The van der Waals surface area contributed by atoms with Crippen molar-refractivity contribution in [2.75, 3.05) is 0 Å². The van der Waals surface area contributed by atoms with E-state index in [-0.39, 0.29) is 17.5 Å². The predicted molar refractivity (Wildman–Crippen MR) is 94.3 cm³/mol. The summed E-state index contributed by atoms with van der Waals surface area (Å²) >= 11 is 0. The van der Waals surface area contributed by atoms with Crippen LogP contribution in [0.5, 0.6) is 0 Å². The van der Waals surface area contributed by atoms with Gasteiger partial charge in [0.15, 0.2) is 0 Å². The van der Waals surface area contributed by atoms with Gasteiger partial charge in [0, 0.05) is 23.5 Å². The zero-order valence-corrected chi connectivity index (χ0v) is 13.6. The summed E-state index contributed by atoms with van der Waals surface area (Å²) in [5.41, 5.74) is 1.36. The molecule has 1 aromatic heterocycles. The summed E-state index contributed by atoms with van der Waals surface area (Å²) in [6, 6.07) is 11.9. The van der Waals surface area contributed by atoms with Gasteiger partial charge in [-0.3, -0.25) is 4.79 Å². The third kappa shape index (κ3) is 3.41. The summed E-state index contributed by atoms with van der Waals surface area (Å²) < 4.78 is 0. The highest BCUT2D eigenvalue weighted by Gasteiger charge is 2.24. The van der Waals surface area contributed by atoms with E-state index in [1.165, 1.54) is 24.3 Å². The van der Waals surface area contributed by atoms with Gasteiger partial charge in [0.1, 0.15) is 6.04 Å². The minimum absolute atomic E-state index is 0.0698. The topological polar surface area (TPSA) is 119 Å². The lowest BCUT2D eigenvalue weighted by Crippen LogP contribution is -2.42. The number of hydrogen-bond donors (Lipinski definition) is 4. The first-order valence-electron chi connectivity index (χ1n) is 7.88. The molecule has 0 aliphatic carbocycles. The van der Waals surface area contributed by atoms with Gasteiger partial charge in [-0.1, -0.05) is 30.3 Å². The van der Waals surface area contributed by atoms with Gasteiger partial charge in [0.25, 0.3) is 5.91 Å². The van der Waals surface area contributed by atoms with Crippen molar-refractivity contribution in [3.05, 3.63) is 71.4 Å². The fraction of sp³-hybridized carbons (Fsp3) is 0.105. The number of rotatable bonds is 6. The number of aromatic amines is 1. The lowest BCUT2D eigenvalue weighted by molar-refractivity contribution is -0.139. The first-order valence-corrected chi connectivity index (χ1v) is 7.88. The van der Waals surface area contributed by atoms with Crippen LogP contribution in [0.1, 0.15) is 26.3 Å². The lowest BCUT2D eigenvalue weighted by Gasteiger charge is -2.15. The number of aromatic carboxylic acids is 1. The highest BCUT2D eigenvalue weighted by molar-refractivity contribution is 6.05. The van der Waals surface area contributed by atoms with Crippen LogP contribution in [-0.4, -0.2) is 39.1 Å². The number of benzene rings is 2. The molecule has 7 heteroatoms. The van der Waals surface area contributed by atoms with Crippen molar-refractivity contribution < 1.29 is 24.6 Å². The van der Waals surface area contributed by atoms with Gasteiger partial charge in [-0.25, -0.2) is 9.59 Å². The van der Waals surface area contributed by atoms with Crippen molar-refractivity contribution in [3.63, 3.8) is 0 Å². The number of nitrogens with one attached hydrogen (secondary N) is 2. The fourth-order valence-electron chi connectivity index (χ4n) is 2.82. The summed E-state index contributed by atoms with van der Waals surface area (Å²) in [7, 11) is 0. The van der Waals surface area contributed by atoms with E-state index in [0.717, 1.165) is 16.5 Å². The van der Waals surface area contributed by atoms with Crippen molar-refractivity contribution in [2.24, 2.45) is 0 Å². The van der Waals surface area contributed by atoms with Gasteiger partial charge >= 0.3 is 11.9 Å². The van der Waals surface area contributed by atoms with Gasteiger partial charge in [0.2, 0.25) is 0 Å². The number of fused-ring (bicyclic) bond motifs is 1. The molecule has 0 unspecified atom stereocenters. The molecule has 2 aromatic carbocycles. The molecule has 1 amide bonds. The Hall–Kier alpha value is -3.61. The predicted octanol–water partition coefficient (Wildman–Crippen LogP) is 2.29. The zero-order chi connectivity index (χ0) is 18.7. The fourth-order valence-corrected chi connectivity index (χ4v) is 2.82. The van der Waals surface area contributed by atoms with Gasteiger partial charge in [-0.15, -0.1) is 0 Å². The molecule has 7 nitrogen and oxygen atoms in total. The monoisotopic (exact) mass is 352 g/mol. The van der Waals surface area contributed by atoms with Crippen molar-refractivity contribution in [1.29, 1.82) is 0 Å². The van der Waals surface area contributed by atoms with E-state index in [1.54, 1.807) is 6.20 Å². The number of para-hydroxylation sites is 1. The van der Waals surface area contributed by atoms with Gasteiger partial charge in [0.05, 0.1) is 11.1 Å².